The third-order valence-corrected chi connectivity index (χ3v) is 1.61. The summed E-state index contributed by atoms with van der Waals surface area (Å²) in [5.41, 5.74) is 2.71. The van der Waals surface area contributed by atoms with Gasteiger partial charge in [0.1, 0.15) is 0 Å². The maximum absolute atomic E-state index is 13.4. The Hall–Kier alpha value is -1.45. The van der Waals surface area contributed by atoms with Crippen LogP contribution in [-0.4, -0.2) is 10.9 Å². The van der Waals surface area contributed by atoms with Crippen molar-refractivity contribution in [3.05, 3.63) is 30.1 Å². The van der Waals surface area contributed by atoms with E-state index in [1.807, 2.05) is 0 Å². The van der Waals surface area contributed by atoms with Crippen LogP contribution in [0.2, 0.25) is 0 Å². The molecule has 1 amide bonds. The minimum atomic E-state index is -2.18. The molecule has 1 atom stereocenters. The van der Waals surface area contributed by atoms with Crippen LogP contribution in [0.4, 0.5) is 4.39 Å². The predicted octanol–water partition coefficient (Wildman–Crippen LogP) is 0.752. The van der Waals surface area contributed by atoms with Crippen LogP contribution < -0.4 is 5.73 Å². The summed E-state index contributed by atoms with van der Waals surface area (Å²) in [5.74, 6) is -1.03. The molecule has 0 aromatic carbocycles. The zero-order chi connectivity index (χ0) is 9.19. The van der Waals surface area contributed by atoms with Crippen molar-refractivity contribution in [2.24, 2.45) is 5.73 Å². The number of nitrogens with two attached hydrogens (primary N) is 1. The quantitative estimate of drug-likeness (QED) is 0.708. The van der Waals surface area contributed by atoms with Crippen LogP contribution in [0.1, 0.15) is 12.6 Å². The Morgan fingerprint density at radius 2 is 2.33 bits per heavy atom. The number of carbonyl (C=O) groups is 1. The molecule has 1 aromatic heterocycles. The number of hydrogen-bond donors (Lipinski definition) is 1. The van der Waals surface area contributed by atoms with Crippen molar-refractivity contribution < 1.29 is 9.18 Å². The van der Waals surface area contributed by atoms with Gasteiger partial charge in [-0.1, -0.05) is 6.07 Å². The summed E-state index contributed by atoms with van der Waals surface area (Å²) < 4.78 is 13.4. The predicted molar refractivity (Wildman–Crippen MR) is 41.9 cm³/mol. The van der Waals surface area contributed by atoms with Crippen LogP contribution in [0.15, 0.2) is 24.4 Å². The first kappa shape index (κ1) is 8.64. The molecule has 0 radical (unpaired) electrons. The molecular weight excluding hydrogens is 159 g/mol. The molecule has 0 aliphatic heterocycles. The molecule has 1 heterocycles. The van der Waals surface area contributed by atoms with E-state index in [0.717, 1.165) is 6.92 Å². The van der Waals surface area contributed by atoms with E-state index in [1.165, 1.54) is 12.3 Å². The van der Waals surface area contributed by atoms with Gasteiger partial charge in [0, 0.05) is 6.20 Å². The number of carbonyl (C=O) groups excluding carboxylic acids is 1. The molecule has 12 heavy (non-hydrogen) atoms. The zero-order valence-electron chi connectivity index (χ0n) is 6.62. The van der Waals surface area contributed by atoms with Gasteiger partial charge >= 0.3 is 0 Å². The number of aromatic nitrogens is 1. The lowest BCUT2D eigenvalue weighted by Crippen LogP contribution is -2.34. The molecule has 1 aromatic rings. The van der Waals surface area contributed by atoms with E-state index in [9.17, 15) is 9.18 Å². The van der Waals surface area contributed by atoms with E-state index in [-0.39, 0.29) is 5.69 Å². The lowest BCUT2D eigenvalue weighted by Gasteiger charge is -2.14. The summed E-state index contributed by atoms with van der Waals surface area (Å²) in [6.07, 6.45) is 1.41. The van der Waals surface area contributed by atoms with Crippen molar-refractivity contribution in [1.82, 2.24) is 4.98 Å². The smallest absolute Gasteiger partial charge is 0.261 e. The van der Waals surface area contributed by atoms with Crippen molar-refractivity contribution in [3.63, 3.8) is 0 Å². The molecule has 2 N–H and O–H groups in total. The highest BCUT2D eigenvalue weighted by Gasteiger charge is 2.33. The Labute approximate surface area is 69.4 Å². The third-order valence-electron chi connectivity index (χ3n) is 1.61. The molecule has 1 unspecified atom stereocenters. The molecule has 0 saturated carbocycles. The highest BCUT2D eigenvalue weighted by Crippen LogP contribution is 2.21. The second-order valence-electron chi connectivity index (χ2n) is 2.58. The van der Waals surface area contributed by atoms with Crippen LogP contribution >= 0.6 is 0 Å². The number of halogens is 1. The average molecular weight is 168 g/mol. The average Bonchev–Trinajstić information content (AvgIpc) is 2.06. The first-order chi connectivity index (χ1) is 5.55. The monoisotopic (exact) mass is 168 g/mol. The Morgan fingerprint density at radius 3 is 2.75 bits per heavy atom. The number of rotatable bonds is 2. The maximum Gasteiger partial charge on any atom is 0.261 e. The molecule has 1 rings (SSSR count). The third kappa shape index (κ3) is 1.42. The maximum atomic E-state index is 13.4. The van der Waals surface area contributed by atoms with E-state index in [2.05, 4.69) is 4.98 Å². The molecule has 0 bridgehead atoms. The van der Waals surface area contributed by atoms with Crippen molar-refractivity contribution in [2.75, 3.05) is 0 Å². The van der Waals surface area contributed by atoms with Gasteiger partial charge in [0.05, 0.1) is 5.69 Å². The molecule has 0 saturated heterocycles. The van der Waals surface area contributed by atoms with Crippen LogP contribution in [-0.2, 0) is 10.5 Å². The molecule has 0 aliphatic carbocycles. The van der Waals surface area contributed by atoms with Gasteiger partial charge in [-0.05, 0) is 19.1 Å². The van der Waals surface area contributed by atoms with Gasteiger partial charge in [0.25, 0.3) is 5.91 Å². The molecular formula is C8H9FN2O. The SMILES string of the molecule is CC(F)(C(N)=O)c1ccccn1. The van der Waals surface area contributed by atoms with E-state index < -0.39 is 11.6 Å². The number of alkyl halides is 1. The fourth-order valence-electron chi connectivity index (χ4n) is 0.767. The molecule has 64 valence electrons. The van der Waals surface area contributed by atoms with Gasteiger partial charge in [-0.2, -0.15) is 0 Å². The van der Waals surface area contributed by atoms with Gasteiger partial charge < -0.3 is 5.73 Å². The fraction of sp³-hybridized carbons (Fsp3) is 0.250. The number of amides is 1. The molecule has 0 spiro atoms. The van der Waals surface area contributed by atoms with Crippen molar-refractivity contribution >= 4 is 5.91 Å². The highest BCUT2D eigenvalue weighted by atomic mass is 19.1. The molecule has 3 nitrogen and oxygen atoms in total. The first-order valence-corrected chi connectivity index (χ1v) is 3.45. The van der Waals surface area contributed by atoms with E-state index in [4.69, 9.17) is 5.73 Å². The van der Waals surface area contributed by atoms with E-state index >= 15 is 0 Å². The number of primary amides is 1. The summed E-state index contributed by atoms with van der Waals surface area (Å²) in [6.45, 7) is 1.09. The van der Waals surface area contributed by atoms with E-state index in [0.29, 0.717) is 0 Å². The molecule has 0 aliphatic rings. The minimum absolute atomic E-state index is 0.0394. The van der Waals surface area contributed by atoms with Crippen LogP contribution in [0.25, 0.3) is 0 Å². The Balaban J connectivity index is 3.06. The first-order valence-electron chi connectivity index (χ1n) is 3.45. The second-order valence-corrected chi connectivity index (χ2v) is 2.58. The summed E-state index contributed by atoms with van der Waals surface area (Å²) in [4.78, 5) is 14.3. The molecule has 0 fully saturated rings. The summed E-state index contributed by atoms with van der Waals surface area (Å²) in [6, 6.07) is 4.66. The molecule has 4 heteroatoms. The van der Waals surface area contributed by atoms with Crippen LogP contribution in [0, 0.1) is 0 Å². The lowest BCUT2D eigenvalue weighted by atomic mass is 10.0. The van der Waals surface area contributed by atoms with Crippen molar-refractivity contribution in [3.8, 4) is 0 Å². The summed E-state index contributed by atoms with van der Waals surface area (Å²) >= 11 is 0. The van der Waals surface area contributed by atoms with Gasteiger partial charge in [0.15, 0.2) is 0 Å². The topological polar surface area (TPSA) is 56.0 Å². The zero-order valence-corrected chi connectivity index (χ0v) is 6.62. The standard InChI is InChI=1S/C8H9FN2O/c1-8(9,7(10)12)6-4-2-3-5-11-6/h2-5H,1H3,(H2,10,12). The minimum Gasteiger partial charge on any atom is -0.367 e. The summed E-state index contributed by atoms with van der Waals surface area (Å²) in [7, 11) is 0. The lowest BCUT2D eigenvalue weighted by molar-refractivity contribution is -0.129. The Morgan fingerprint density at radius 1 is 1.67 bits per heavy atom. The summed E-state index contributed by atoms with van der Waals surface area (Å²) in [5, 5.41) is 0. The number of hydrogen-bond acceptors (Lipinski definition) is 2. The fourth-order valence-corrected chi connectivity index (χ4v) is 0.767. The number of nitrogens with zero attached hydrogens (tertiary/aromatic N) is 1. The second kappa shape index (κ2) is 2.89. The van der Waals surface area contributed by atoms with Gasteiger partial charge in [-0.25, -0.2) is 4.39 Å². The van der Waals surface area contributed by atoms with Gasteiger partial charge in [-0.15, -0.1) is 0 Å². The highest BCUT2D eigenvalue weighted by molar-refractivity contribution is 5.83. The largest absolute Gasteiger partial charge is 0.367 e. The normalized spacial score (nSPS) is 15.2. The van der Waals surface area contributed by atoms with Crippen molar-refractivity contribution in [2.45, 2.75) is 12.6 Å². The van der Waals surface area contributed by atoms with Gasteiger partial charge in [-0.3, -0.25) is 9.78 Å². The van der Waals surface area contributed by atoms with Crippen LogP contribution in [0.3, 0.4) is 0 Å². The Kier molecular flexibility index (Phi) is 2.08. The number of pyridine rings is 1. The van der Waals surface area contributed by atoms with E-state index in [1.54, 1.807) is 12.1 Å². The van der Waals surface area contributed by atoms with Crippen molar-refractivity contribution in [1.29, 1.82) is 0 Å². The Bertz CT molecular complexity index is 284. The van der Waals surface area contributed by atoms with Gasteiger partial charge in [0.2, 0.25) is 5.67 Å². The van der Waals surface area contributed by atoms with Crippen LogP contribution in [0.5, 0.6) is 0 Å².